The van der Waals surface area contributed by atoms with Gasteiger partial charge in [-0.25, -0.2) is 0 Å². The smallest absolute Gasteiger partial charge is 0.254 e. The maximum Gasteiger partial charge on any atom is 0.254 e. The van der Waals surface area contributed by atoms with Gasteiger partial charge in [0, 0.05) is 15.7 Å². The van der Waals surface area contributed by atoms with Crippen LogP contribution in [0.1, 0.15) is 10.4 Å². The number of imide groups is 1. The predicted octanol–water partition coefficient (Wildman–Crippen LogP) is 0.130. The first-order valence-electron chi connectivity index (χ1n) is 5.14. The van der Waals surface area contributed by atoms with Crippen molar-refractivity contribution in [1.82, 2.24) is 10.2 Å². The summed E-state index contributed by atoms with van der Waals surface area (Å²) in [4.78, 5) is 35.7. The molecule has 6 nitrogen and oxygen atoms in total. The molecule has 1 aromatic carbocycles. The second-order valence-corrected chi connectivity index (χ2v) is 4.82. The molecule has 1 aromatic rings. The molecule has 1 heterocycles. The quantitative estimate of drug-likeness (QED) is 0.569. The van der Waals surface area contributed by atoms with Crippen molar-refractivity contribution in [2.75, 3.05) is 18.8 Å². The Morgan fingerprint density at radius 2 is 1.83 bits per heavy atom. The zero-order chi connectivity index (χ0) is 13.3. The molecule has 1 aliphatic heterocycles. The molecule has 2 rings (SSSR count). The van der Waals surface area contributed by atoms with Gasteiger partial charge in [-0.15, -0.1) is 0 Å². The van der Waals surface area contributed by atoms with Gasteiger partial charge in [-0.05, 0) is 18.2 Å². The Kier molecular flexibility index (Phi) is 3.33. The Labute approximate surface area is 111 Å². The Bertz CT molecular complexity index is 508. The predicted molar refractivity (Wildman–Crippen MR) is 67.6 cm³/mol. The third kappa shape index (κ3) is 2.67. The Balaban J connectivity index is 2.25. The van der Waals surface area contributed by atoms with Gasteiger partial charge in [-0.3, -0.25) is 19.7 Å². The molecule has 0 bridgehead atoms. The number of nitrogen functional groups attached to an aromatic ring is 1. The molecule has 0 atom stereocenters. The van der Waals surface area contributed by atoms with Crippen LogP contribution in [0.25, 0.3) is 0 Å². The van der Waals surface area contributed by atoms with Crippen LogP contribution in [-0.2, 0) is 9.59 Å². The Morgan fingerprint density at radius 3 is 2.39 bits per heavy atom. The summed E-state index contributed by atoms with van der Waals surface area (Å²) in [6, 6.07) is 4.75. The number of hydrogen-bond acceptors (Lipinski definition) is 4. The number of nitrogens with one attached hydrogen (secondary N) is 1. The van der Waals surface area contributed by atoms with Crippen molar-refractivity contribution in [1.29, 1.82) is 0 Å². The van der Waals surface area contributed by atoms with Crippen molar-refractivity contribution >= 4 is 39.3 Å². The number of carbonyl (C=O) groups excluding carboxylic acids is 3. The highest BCUT2D eigenvalue weighted by molar-refractivity contribution is 9.10. The number of halogens is 1. The van der Waals surface area contributed by atoms with Gasteiger partial charge in [0.15, 0.2) is 0 Å². The van der Waals surface area contributed by atoms with Crippen molar-refractivity contribution in [2.24, 2.45) is 0 Å². The van der Waals surface area contributed by atoms with Crippen molar-refractivity contribution in [2.45, 2.75) is 0 Å². The van der Waals surface area contributed by atoms with E-state index in [1.165, 1.54) is 11.0 Å². The number of rotatable bonds is 1. The zero-order valence-electron chi connectivity index (χ0n) is 9.27. The largest absolute Gasteiger partial charge is 0.399 e. The summed E-state index contributed by atoms with van der Waals surface area (Å²) in [6.45, 7) is -0.256. The first-order valence-corrected chi connectivity index (χ1v) is 5.93. The lowest BCUT2D eigenvalue weighted by Gasteiger charge is -2.25. The standard InChI is InChI=1S/C11H10BrN3O3/c12-7-1-6(2-8(13)3-7)11(18)15-4-9(16)14-10(17)5-15/h1-3H,4-5,13H2,(H,14,16,17). The van der Waals surface area contributed by atoms with E-state index in [4.69, 9.17) is 5.73 Å². The molecule has 18 heavy (non-hydrogen) atoms. The number of amides is 3. The molecule has 1 fully saturated rings. The van der Waals surface area contributed by atoms with Crippen LogP contribution in [0.4, 0.5) is 5.69 Å². The van der Waals surface area contributed by atoms with Gasteiger partial charge >= 0.3 is 0 Å². The third-order valence-electron chi connectivity index (χ3n) is 2.40. The second kappa shape index (κ2) is 4.77. The molecule has 0 unspecified atom stereocenters. The number of hydrogen-bond donors (Lipinski definition) is 2. The lowest BCUT2D eigenvalue weighted by Crippen LogP contribution is -2.53. The SMILES string of the molecule is Nc1cc(Br)cc(C(=O)N2CC(=O)NC(=O)C2)c1. The maximum atomic E-state index is 12.1. The fraction of sp³-hybridized carbons (Fsp3) is 0.182. The lowest BCUT2D eigenvalue weighted by atomic mass is 10.1. The van der Waals surface area contributed by atoms with E-state index in [2.05, 4.69) is 21.2 Å². The van der Waals surface area contributed by atoms with Crippen molar-refractivity contribution < 1.29 is 14.4 Å². The third-order valence-corrected chi connectivity index (χ3v) is 2.86. The molecule has 3 N–H and O–H groups in total. The van der Waals surface area contributed by atoms with Gasteiger partial charge in [0.25, 0.3) is 5.91 Å². The van der Waals surface area contributed by atoms with E-state index in [0.29, 0.717) is 15.7 Å². The van der Waals surface area contributed by atoms with Crippen LogP contribution < -0.4 is 11.1 Å². The highest BCUT2D eigenvalue weighted by Crippen LogP contribution is 2.18. The molecule has 7 heteroatoms. The fourth-order valence-electron chi connectivity index (χ4n) is 1.70. The number of benzene rings is 1. The topological polar surface area (TPSA) is 92.5 Å². The fourth-order valence-corrected chi connectivity index (χ4v) is 2.21. The van der Waals surface area contributed by atoms with E-state index in [0.717, 1.165) is 0 Å². The van der Waals surface area contributed by atoms with Gasteiger partial charge < -0.3 is 10.6 Å². The molecular weight excluding hydrogens is 302 g/mol. The first kappa shape index (κ1) is 12.6. The van der Waals surface area contributed by atoms with E-state index in [1.54, 1.807) is 12.1 Å². The average Bonchev–Trinajstić information content (AvgIpc) is 2.25. The molecule has 0 saturated carbocycles. The number of nitrogens with zero attached hydrogens (tertiary/aromatic N) is 1. The van der Waals surface area contributed by atoms with Crippen LogP contribution >= 0.6 is 15.9 Å². The normalized spacial score (nSPS) is 15.5. The molecular formula is C11H10BrN3O3. The second-order valence-electron chi connectivity index (χ2n) is 3.91. The highest BCUT2D eigenvalue weighted by Gasteiger charge is 2.27. The lowest BCUT2D eigenvalue weighted by molar-refractivity contribution is -0.135. The minimum atomic E-state index is -0.484. The first-order chi connectivity index (χ1) is 8.45. The number of carbonyl (C=O) groups is 3. The molecule has 0 radical (unpaired) electrons. The van der Waals surface area contributed by atoms with Crippen LogP contribution in [-0.4, -0.2) is 35.7 Å². The number of nitrogens with two attached hydrogens (primary N) is 1. The van der Waals surface area contributed by atoms with E-state index >= 15 is 0 Å². The van der Waals surface area contributed by atoms with Gasteiger partial charge in [0.05, 0.1) is 0 Å². The summed E-state index contributed by atoms with van der Waals surface area (Å²) in [5, 5.41) is 2.13. The molecule has 1 saturated heterocycles. The molecule has 94 valence electrons. The summed E-state index contributed by atoms with van der Waals surface area (Å²) in [5.74, 6) is -1.36. The van der Waals surface area contributed by atoms with Gasteiger partial charge in [-0.1, -0.05) is 15.9 Å². The van der Waals surface area contributed by atoms with Crippen molar-refractivity contribution in [3.05, 3.63) is 28.2 Å². The van der Waals surface area contributed by atoms with Crippen LogP contribution in [0.15, 0.2) is 22.7 Å². The zero-order valence-corrected chi connectivity index (χ0v) is 10.9. The number of anilines is 1. The van der Waals surface area contributed by atoms with Crippen LogP contribution in [0.5, 0.6) is 0 Å². The summed E-state index contributed by atoms with van der Waals surface area (Å²) in [6.07, 6.45) is 0. The van der Waals surface area contributed by atoms with Gasteiger partial charge in [0.2, 0.25) is 11.8 Å². The summed E-state index contributed by atoms with van der Waals surface area (Å²) >= 11 is 3.23. The van der Waals surface area contributed by atoms with Crippen molar-refractivity contribution in [3.63, 3.8) is 0 Å². The molecule has 0 aliphatic carbocycles. The highest BCUT2D eigenvalue weighted by atomic mass is 79.9. The maximum absolute atomic E-state index is 12.1. The minimum absolute atomic E-state index is 0.128. The van der Waals surface area contributed by atoms with Crippen LogP contribution in [0.2, 0.25) is 0 Å². The summed E-state index contributed by atoms with van der Waals surface area (Å²) < 4.78 is 0.665. The van der Waals surface area contributed by atoms with E-state index in [-0.39, 0.29) is 13.1 Å². The Hall–Kier alpha value is -1.89. The molecule has 1 aliphatic rings. The monoisotopic (exact) mass is 311 g/mol. The average molecular weight is 312 g/mol. The molecule has 0 aromatic heterocycles. The van der Waals surface area contributed by atoms with Crippen LogP contribution in [0.3, 0.4) is 0 Å². The molecule has 3 amide bonds. The summed E-state index contributed by atoms with van der Waals surface area (Å²) in [5.41, 5.74) is 6.40. The van der Waals surface area contributed by atoms with E-state index in [1.807, 2.05) is 0 Å². The molecule has 0 spiro atoms. The van der Waals surface area contributed by atoms with Gasteiger partial charge in [-0.2, -0.15) is 0 Å². The van der Waals surface area contributed by atoms with E-state index < -0.39 is 17.7 Å². The minimum Gasteiger partial charge on any atom is -0.399 e. The number of piperazine rings is 1. The van der Waals surface area contributed by atoms with E-state index in [9.17, 15) is 14.4 Å². The summed E-state index contributed by atoms with van der Waals surface area (Å²) in [7, 11) is 0. The van der Waals surface area contributed by atoms with Crippen LogP contribution in [0, 0.1) is 0 Å². The van der Waals surface area contributed by atoms with Crippen molar-refractivity contribution in [3.8, 4) is 0 Å². The Morgan fingerprint density at radius 1 is 1.22 bits per heavy atom. The van der Waals surface area contributed by atoms with Gasteiger partial charge in [0.1, 0.15) is 13.1 Å².